The van der Waals surface area contributed by atoms with Gasteiger partial charge in [-0.2, -0.15) is 0 Å². The van der Waals surface area contributed by atoms with Gasteiger partial charge < -0.3 is 9.32 Å². The first-order valence-electron chi connectivity index (χ1n) is 17.6. The molecule has 0 aliphatic heterocycles. The molecule has 10 rings (SSSR count). The molecule has 240 valence electrons. The number of para-hydroxylation sites is 2. The van der Waals surface area contributed by atoms with Gasteiger partial charge in [0.2, 0.25) is 0 Å². The summed E-state index contributed by atoms with van der Waals surface area (Å²) in [4.78, 5) is 2.52. The summed E-state index contributed by atoms with van der Waals surface area (Å²) in [6.45, 7) is 9.45. The zero-order valence-corrected chi connectivity index (χ0v) is 28.8. The van der Waals surface area contributed by atoms with Gasteiger partial charge in [-0.15, -0.1) is 0 Å². The molecule has 0 spiro atoms. The van der Waals surface area contributed by atoms with Crippen LogP contribution in [0.2, 0.25) is 0 Å². The Morgan fingerprint density at radius 3 is 1.82 bits per heavy atom. The Morgan fingerprint density at radius 1 is 0.420 bits per heavy atom. The average Bonchev–Trinajstić information content (AvgIpc) is 3.72. The van der Waals surface area contributed by atoms with Crippen LogP contribution in [-0.4, -0.2) is 0 Å². The quantitative estimate of drug-likeness (QED) is 0.190. The van der Waals surface area contributed by atoms with Crippen LogP contribution < -0.4 is 4.90 Å². The molecular formula is C48H37NO. The lowest BCUT2D eigenvalue weighted by Gasteiger charge is -2.32. The Morgan fingerprint density at radius 2 is 0.980 bits per heavy atom. The molecule has 2 aliphatic carbocycles. The monoisotopic (exact) mass is 643 g/mol. The van der Waals surface area contributed by atoms with E-state index in [1.54, 1.807) is 0 Å². The molecule has 50 heavy (non-hydrogen) atoms. The minimum Gasteiger partial charge on any atom is -0.456 e. The Labute approximate surface area is 293 Å². The van der Waals surface area contributed by atoms with Crippen LogP contribution >= 0.6 is 0 Å². The van der Waals surface area contributed by atoms with Gasteiger partial charge in [0, 0.05) is 38.4 Å². The fraction of sp³-hybridized carbons (Fsp3) is 0.125. The average molecular weight is 644 g/mol. The van der Waals surface area contributed by atoms with Crippen LogP contribution in [0.25, 0.3) is 55.3 Å². The third-order valence-electron chi connectivity index (χ3n) is 11.5. The second-order valence-electron chi connectivity index (χ2n) is 14.9. The summed E-state index contributed by atoms with van der Waals surface area (Å²) in [5.74, 6) is 0. The zero-order valence-electron chi connectivity index (χ0n) is 28.8. The SMILES string of the molecule is CC1(C)c2ccccc2-c2ccc(N(c3ccccc3-c3cccc4oc5ccccc5c34)c3cccc4c3-c3ccccc3C4(C)C)cc21. The zero-order chi connectivity index (χ0) is 33.8. The molecule has 0 saturated carbocycles. The van der Waals surface area contributed by atoms with Gasteiger partial charge in [0.15, 0.2) is 0 Å². The van der Waals surface area contributed by atoms with E-state index in [2.05, 4.69) is 178 Å². The maximum atomic E-state index is 6.40. The molecular weight excluding hydrogens is 607 g/mol. The second kappa shape index (κ2) is 10.3. The van der Waals surface area contributed by atoms with Gasteiger partial charge in [0.25, 0.3) is 0 Å². The smallest absolute Gasteiger partial charge is 0.136 e. The highest BCUT2D eigenvalue weighted by atomic mass is 16.3. The van der Waals surface area contributed by atoms with Crippen molar-refractivity contribution in [3.8, 4) is 33.4 Å². The first-order chi connectivity index (χ1) is 24.3. The standard InChI is InChI=1S/C48H37NO/c1-47(2)38-21-10-6-17-35(38)46-39(47)22-14-24-42(46)49(30-27-28-32-31-15-5-9-20-37(31)48(3,4)40(32)29-30)41-23-11-7-16-33(41)34-19-13-26-44-45(34)36-18-8-12-25-43(36)50-44/h5-29H,1-4H3. The van der Waals surface area contributed by atoms with Crippen LogP contribution in [0.3, 0.4) is 0 Å². The van der Waals surface area contributed by atoms with Crippen molar-refractivity contribution in [2.75, 3.05) is 4.90 Å². The molecule has 0 radical (unpaired) electrons. The minimum absolute atomic E-state index is 0.115. The summed E-state index contributed by atoms with van der Waals surface area (Å²) in [5, 5.41) is 2.28. The number of furan rings is 1. The lowest BCUT2D eigenvalue weighted by atomic mass is 9.82. The highest BCUT2D eigenvalue weighted by Gasteiger charge is 2.39. The number of hydrogen-bond donors (Lipinski definition) is 0. The highest BCUT2D eigenvalue weighted by Crippen LogP contribution is 2.56. The Hall–Kier alpha value is -5.86. The predicted molar refractivity (Wildman–Crippen MR) is 209 cm³/mol. The minimum atomic E-state index is -0.123. The van der Waals surface area contributed by atoms with E-state index in [0.29, 0.717) is 0 Å². The lowest BCUT2D eigenvalue weighted by Crippen LogP contribution is -2.18. The van der Waals surface area contributed by atoms with Gasteiger partial charge >= 0.3 is 0 Å². The molecule has 2 heteroatoms. The van der Waals surface area contributed by atoms with Gasteiger partial charge in [0.05, 0.1) is 11.4 Å². The summed E-state index contributed by atoms with van der Waals surface area (Å²) in [6, 6.07) is 55.6. The predicted octanol–water partition coefficient (Wildman–Crippen LogP) is 13.3. The van der Waals surface area contributed by atoms with Crippen LogP contribution in [-0.2, 0) is 10.8 Å². The Kier molecular flexibility index (Phi) is 6.01. The largest absolute Gasteiger partial charge is 0.456 e. The van der Waals surface area contributed by atoms with Crippen LogP contribution in [0.4, 0.5) is 17.1 Å². The molecule has 0 atom stereocenters. The maximum absolute atomic E-state index is 6.40. The first-order valence-corrected chi connectivity index (χ1v) is 17.6. The van der Waals surface area contributed by atoms with E-state index in [4.69, 9.17) is 4.42 Å². The fourth-order valence-electron chi connectivity index (χ4n) is 9.06. The molecule has 0 bridgehead atoms. The molecule has 0 fully saturated rings. The summed E-state index contributed by atoms with van der Waals surface area (Å²) >= 11 is 0. The van der Waals surface area contributed by atoms with E-state index >= 15 is 0 Å². The van der Waals surface area contributed by atoms with Crippen molar-refractivity contribution in [3.63, 3.8) is 0 Å². The van der Waals surface area contributed by atoms with Crippen LogP contribution in [0.15, 0.2) is 156 Å². The van der Waals surface area contributed by atoms with Gasteiger partial charge in [-0.3, -0.25) is 0 Å². The molecule has 2 aliphatic rings. The third-order valence-corrected chi connectivity index (χ3v) is 11.5. The van der Waals surface area contributed by atoms with Crippen LogP contribution in [0.5, 0.6) is 0 Å². The van der Waals surface area contributed by atoms with Crippen molar-refractivity contribution in [1.29, 1.82) is 0 Å². The summed E-state index contributed by atoms with van der Waals surface area (Å²) in [7, 11) is 0. The second-order valence-corrected chi connectivity index (χ2v) is 14.9. The van der Waals surface area contributed by atoms with E-state index < -0.39 is 0 Å². The highest BCUT2D eigenvalue weighted by molar-refractivity contribution is 6.14. The van der Waals surface area contributed by atoms with Crippen molar-refractivity contribution >= 4 is 39.0 Å². The molecule has 0 saturated heterocycles. The van der Waals surface area contributed by atoms with Gasteiger partial charge in [-0.25, -0.2) is 0 Å². The summed E-state index contributed by atoms with van der Waals surface area (Å²) in [6.07, 6.45) is 0. The van der Waals surface area contributed by atoms with Crippen LogP contribution in [0.1, 0.15) is 49.9 Å². The number of rotatable bonds is 4. The molecule has 7 aromatic carbocycles. The van der Waals surface area contributed by atoms with E-state index in [0.717, 1.165) is 44.4 Å². The molecule has 1 aromatic heterocycles. The number of hydrogen-bond acceptors (Lipinski definition) is 2. The topological polar surface area (TPSA) is 16.4 Å². The number of benzene rings is 7. The maximum Gasteiger partial charge on any atom is 0.136 e. The Balaban J connectivity index is 1.28. The van der Waals surface area contributed by atoms with Crippen molar-refractivity contribution in [2.24, 2.45) is 0 Å². The van der Waals surface area contributed by atoms with Crippen molar-refractivity contribution in [3.05, 3.63) is 174 Å². The molecule has 8 aromatic rings. The summed E-state index contributed by atoms with van der Waals surface area (Å²) < 4.78 is 6.40. The number of fused-ring (bicyclic) bond motifs is 9. The van der Waals surface area contributed by atoms with Crippen molar-refractivity contribution < 1.29 is 4.42 Å². The number of anilines is 3. The summed E-state index contributed by atoms with van der Waals surface area (Å²) in [5.41, 5.74) is 18.1. The molecule has 0 unspecified atom stereocenters. The lowest BCUT2D eigenvalue weighted by molar-refractivity contribution is 0.660. The first kappa shape index (κ1) is 29.1. The fourth-order valence-corrected chi connectivity index (χ4v) is 9.06. The molecule has 2 nitrogen and oxygen atoms in total. The van der Waals surface area contributed by atoms with Crippen molar-refractivity contribution in [2.45, 2.75) is 38.5 Å². The van der Waals surface area contributed by atoms with E-state index in [1.807, 2.05) is 6.07 Å². The number of nitrogens with zero attached hydrogens (tertiary/aromatic N) is 1. The van der Waals surface area contributed by atoms with Gasteiger partial charge in [-0.05, 0) is 80.9 Å². The van der Waals surface area contributed by atoms with E-state index in [1.165, 1.54) is 50.2 Å². The van der Waals surface area contributed by atoms with Crippen molar-refractivity contribution in [1.82, 2.24) is 0 Å². The molecule has 0 amide bonds. The molecule has 0 N–H and O–H groups in total. The third kappa shape index (κ3) is 3.91. The van der Waals surface area contributed by atoms with Gasteiger partial charge in [-0.1, -0.05) is 143 Å². The normalized spacial score (nSPS) is 14.7. The van der Waals surface area contributed by atoms with E-state index in [9.17, 15) is 0 Å². The Bertz CT molecular complexity index is 2670. The van der Waals surface area contributed by atoms with Gasteiger partial charge in [0.1, 0.15) is 11.2 Å². The molecule has 1 heterocycles. The van der Waals surface area contributed by atoms with Crippen LogP contribution in [0, 0.1) is 0 Å². The van der Waals surface area contributed by atoms with E-state index in [-0.39, 0.29) is 10.8 Å².